The van der Waals surface area contributed by atoms with Crippen LogP contribution in [0.4, 0.5) is 0 Å². The molecule has 1 aliphatic rings. The van der Waals surface area contributed by atoms with E-state index < -0.39 is 0 Å². The van der Waals surface area contributed by atoms with Crippen molar-refractivity contribution in [3.8, 4) is 0 Å². The van der Waals surface area contributed by atoms with Crippen molar-refractivity contribution < 1.29 is 0 Å². The maximum atomic E-state index is 2.33. The number of benzene rings is 1. The van der Waals surface area contributed by atoms with Gasteiger partial charge in [-0.3, -0.25) is 0 Å². The lowest BCUT2D eigenvalue weighted by molar-refractivity contribution is 0.402. The molecule has 1 aromatic carbocycles. The molecule has 0 amide bonds. The smallest absolute Gasteiger partial charge is 0.0227 e. The summed E-state index contributed by atoms with van der Waals surface area (Å²) < 4.78 is 0. The molecule has 0 aliphatic heterocycles. The highest BCUT2D eigenvalue weighted by molar-refractivity contribution is 5.29. The Morgan fingerprint density at radius 2 is 1.79 bits per heavy atom. The van der Waals surface area contributed by atoms with Crippen LogP contribution in [-0.4, -0.2) is 19.0 Å². The minimum absolute atomic E-state index is 0.850. The maximum Gasteiger partial charge on any atom is 0.0227 e. The highest BCUT2D eigenvalue weighted by Crippen LogP contribution is 2.46. The predicted molar refractivity (Wildman–Crippen MR) is 60.4 cm³/mol. The summed E-state index contributed by atoms with van der Waals surface area (Å²) in [5.41, 5.74) is 2.94. The van der Waals surface area contributed by atoms with E-state index in [4.69, 9.17) is 0 Å². The molecular formula is C13H19N. The Hall–Kier alpha value is -0.820. The Kier molecular flexibility index (Phi) is 2.60. The minimum Gasteiger partial charge on any atom is -0.305 e. The van der Waals surface area contributed by atoms with E-state index in [1.54, 1.807) is 0 Å². The van der Waals surface area contributed by atoms with Gasteiger partial charge in [0, 0.05) is 6.54 Å². The quantitative estimate of drug-likeness (QED) is 0.706. The van der Waals surface area contributed by atoms with Crippen LogP contribution in [0.2, 0.25) is 0 Å². The average Bonchev–Trinajstić information content (AvgIpc) is 2.83. The maximum absolute atomic E-state index is 2.33. The van der Waals surface area contributed by atoms with Gasteiger partial charge in [0.2, 0.25) is 0 Å². The van der Waals surface area contributed by atoms with Gasteiger partial charge in [-0.15, -0.1) is 0 Å². The summed E-state index contributed by atoms with van der Waals surface area (Å²) in [6.45, 7) is 3.37. The molecule has 1 saturated carbocycles. The molecule has 1 heteroatoms. The summed E-state index contributed by atoms with van der Waals surface area (Å²) in [5.74, 6) is 1.76. The molecule has 1 fully saturated rings. The molecule has 1 aliphatic carbocycles. The molecular weight excluding hydrogens is 170 g/mol. The number of rotatable bonds is 3. The topological polar surface area (TPSA) is 3.24 Å². The first-order valence-corrected chi connectivity index (χ1v) is 5.40. The molecule has 1 aromatic rings. The van der Waals surface area contributed by atoms with Crippen LogP contribution in [0.1, 0.15) is 30.4 Å². The average molecular weight is 189 g/mol. The van der Waals surface area contributed by atoms with E-state index in [9.17, 15) is 0 Å². The Morgan fingerprint density at radius 3 is 2.21 bits per heavy atom. The zero-order chi connectivity index (χ0) is 10.1. The predicted octanol–water partition coefficient (Wildman–Crippen LogP) is 2.87. The Morgan fingerprint density at radius 1 is 1.21 bits per heavy atom. The first-order chi connectivity index (χ1) is 6.66. The van der Waals surface area contributed by atoms with Crippen LogP contribution in [0.5, 0.6) is 0 Å². The van der Waals surface area contributed by atoms with Gasteiger partial charge in [-0.25, -0.2) is 0 Å². The molecule has 2 unspecified atom stereocenters. The third kappa shape index (κ3) is 2.16. The number of nitrogens with zero attached hydrogens (tertiary/aromatic N) is 1. The first kappa shape index (κ1) is 9.72. The highest BCUT2D eigenvalue weighted by atomic mass is 15.0. The van der Waals surface area contributed by atoms with Gasteiger partial charge < -0.3 is 4.90 Å². The number of hydrogen-bond donors (Lipinski definition) is 0. The van der Waals surface area contributed by atoms with Gasteiger partial charge in [0.05, 0.1) is 0 Å². The van der Waals surface area contributed by atoms with Gasteiger partial charge in [0.15, 0.2) is 0 Å². The van der Waals surface area contributed by atoms with Gasteiger partial charge in [-0.05, 0) is 43.5 Å². The lowest BCUT2D eigenvalue weighted by Gasteiger charge is -2.09. The summed E-state index contributed by atoms with van der Waals surface area (Å²) >= 11 is 0. The zero-order valence-electron chi connectivity index (χ0n) is 9.33. The standard InChI is InChI=1S/C13H19N/c1-10-8-13(10)12-6-4-11(5-7-12)9-14(2)3/h4-7,10,13H,8-9H2,1-3H3. The minimum atomic E-state index is 0.850. The molecule has 76 valence electrons. The van der Waals surface area contributed by atoms with Crippen molar-refractivity contribution in [1.82, 2.24) is 4.90 Å². The summed E-state index contributed by atoms with van der Waals surface area (Å²) in [6, 6.07) is 9.13. The van der Waals surface area contributed by atoms with E-state index in [0.717, 1.165) is 18.4 Å². The molecule has 0 radical (unpaired) electrons. The lowest BCUT2D eigenvalue weighted by atomic mass is 10.1. The van der Waals surface area contributed by atoms with E-state index in [2.05, 4.69) is 50.2 Å². The molecule has 0 heterocycles. The van der Waals surface area contributed by atoms with Crippen LogP contribution in [0, 0.1) is 5.92 Å². The van der Waals surface area contributed by atoms with Crippen molar-refractivity contribution >= 4 is 0 Å². The molecule has 0 bridgehead atoms. The third-order valence-electron chi connectivity index (χ3n) is 3.02. The van der Waals surface area contributed by atoms with Crippen LogP contribution < -0.4 is 0 Å². The summed E-state index contributed by atoms with van der Waals surface area (Å²) in [7, 11) is 4.22. The Balaban J connectivity index is 2.03. The van der Waals surface area contributed by atoms with Crippen molar-refractivity contribution in [3.63, 3.8) is 0 Å². The van der Waals surface area contributed by atoms with Crippen molar-refractivity contribution in [2.45, 2.75) is 25.8 Å². The van der Waals surface area contributed by atoms with E-state index in [1.807, 2.05) is 0 Å². The van der Waals surface area contributed by atoms with Gasteiger partial charge in [0.25, 0.3) is 0 Å². The van der Waals surface area contributed by atoms with E-state index in [-0.39, 0.29) is 0 Å². The van der Waals surface area contributed by atoms with Crippen LogP contribution >= 0.6 is 0 Å². The lowest BCUT2D eigenvalue weighted by Crippen LogP contribution is -2.10. The Labute approximate surface area is 86.7 Å². The van der Waals surface area contributed by atoms with Crippen molar-refractivity contribution in [3.05, 3.63) is 35.4 Å². The molecule has 0 aromatic heterocycles. The van der Waals surface area contributed by atoms with E-state index in [1.165, 1.54) is 17.5 Å². The highest BCUT2D eigenvalue weighted by Gasteiger charge is 2.33. The summed E-state index contributed by atoms with van der Waals surface area (Å²) in [5, 5.41) is 0. The third-order valence-corrected chi connectivity index (χ3v) is 3.02. The van der Waals surface area contributed by atoms with Gasteiger partial charge in [0.1, 0.15) is 0 Å². The normalized spacial score (nSPS) is 25.4. The van der Waals surface area contributed by atoms with Crippen LogP contribution in [-0.2, 0) is 6.54 Å². The van der Waals surface area contributed by atoms with Gasteiger partial charge in [-0.2, -0.15) is 0 Å². The fourth-order valence-electron chi connectivity index (χ4n) is 2.02. The second-order valence-electron chi connectivity index (χ2n) is 4.80. The summed E-state index contributed by atoms with van der Waals surface area (Å²) in [6.07, 6.45) is 1.38. The fourth-order valence-corrected chi connectivity index (χ4v) is 2.02. The molecule has 1 nitrogen and oxygen atoms in total. The number of hydrogen-bond acceptors (Lipinski definition) is 1. The van der Waals surface area contributed by atoms with Crippen molar-refractivity contribution in [2.75, 3.05) is 14.1 Å². The fraction of sp³-hybridized carbons (Fsp3) is 0.538. The molecule has 2 atom stereocenters. The molecule has 0 saturated heterocycles. The van der Waals surface area contributed by atoms with Gasteiger partial charge in [-0.1, -0.05) is 31.2 Å². The van der Waals surface area contributed by atoms with Crippen molar-refractivity contribution in [2.24, 2.45) is 5.92 Å². The second-order valence-corrected chi connectivity index (χ2v) is 4.80. The van der Waals surface area contributed by atoms with Crippen LogP contribution in [0.15, 0.2) is 24.3 Å². The van der Waals surface area contributed by atoms with Crippen molar-refractivity contribution in [1.29, 1.82) is 0 Å². The molecule has 2 rings (SSSR count). The second kappa shape index (κ2) is 3.74. The van der Waals surface area contributed by atoms with Gasteiger partial charge >= 0.3 is 0 Å². The van der Waals surface area contributed by atoms with E-state index in [0.29, 0.717) is 0 Å². The molecule has 14 heavy (non-hydrogen) atoms. The molecule has 0 spiro atoms. The summed E-state index contributed by atoms with van der Waals surface area (Å²) in [4.78, 5) is 2.20. The zero-order valence-corrected chi connectivity index (χ0v) is 9.33. The Bertz CT molecular complexity index is 300. The first-order valence-electron chi connectivity index (χ1n) is 5.40. The van der Waals surface area contributed by atoms with Crippen LogP contribution in [0.25, 0.3) is 0 Å². The largest absolute Gasteiger partial charge is 0.305 e. The van der Waals surface area contributed by atoms with Crippen LogP contribution in [0.3, 0.4) is 0 Å². The van der Waals surface area contributed by atoms with E-state index >= 15 is 0 Å². The SMILES string of the molecule is CC1CC1c1ccc(CN(C)C)cc1. The molecule has 0 N–H and O–H groups in total. The monoisotopic (exact) mass is 189 g/mol.